The number of rotatable bonds is 17. The first-order chi connectivity index (χ1) is 24.5. The number of aromatic nitrogens is 2. The Morgan fingerprint density at radius 1 is 0.600 bits per heavy atom. The van der Waals surface area contributed by atoms with Crippen LogP contribution in [0, 0.1) is 17.6 Å². The first-order valence-electron chi connectivity index (χ1n) is 18.2. The average Bonchev–Trinajstić information content (AvgIpc) is 3.83. The predicted octanol–water partition coefficient (Wildman–Crippen LogP) is 13.8. The standard InChI is InChI=1S/C43H46F2N2OS2/c1-4-7-10-29(11-8-5-2)12-13-30-14-20-36(38(44)27-30)40-24-25-41(49-40)37-23-22-35(42-43(37)47-50-46-42)34-21-17-32(28-39(34)45)31-15-18-33(19-16-31)48-26-9-6-3/h14-25,27-29H,4-13,26H2,1-3H3. The third-order valence-electron chi connectivity index (χ3n) is 9.57. The van der Waals surface area contributed by atoms with E-state index >= 15 is 8.78 Å². The minimum Gasteiger partial charge on any atom is -0.494 e. The monoisotopic (exact) mass is 708 g/mol. The Morgan fingerprint density at radius 2 is 1.20 bits per heavy atom. The van der Waals surface area contributed by atoms with E-state index in [4.69, 9.17) is 4.74 Å². The van der Waals surface area contributed by atoms with Gasteiger partial charge in [0.05, 0.1) is 18.3 Å². The van der Waals surface area contributed by atoms with E-state index < -0.39 is 0 Å². The lowest BCUT2D eigenvalue weighted by atomic mass is 9.90. The van der Waals surface area contributed by atoms with Gasteiger partial charge in [0.1, 0.15) is 28.4 Å². The smallest absolute Gasteiger partial charge is 0.132 e. The lowest BCUT2D eigenvalue weighted by Crippen LogP contribution is -2.03. The van der Waals surface area contributed by atoms with Crippen LogP contribution in [-0.4, -0.2) is 15.4 Å². The summed E-state index contributed by atoms with van der Waals surface area (Å²) >= 11 is 2.66. The van der Waals surface area contributed by atoms with Gasteiger partial charge in [-0.2, -0.15) is 8.75 Å². The maximum atomic E-state index is 15.7. The maximum Gasteiger partial charge on any atom is 0.132 e. The Morgan fingerprint density at radius 3 is 1.88 bits per heavy atom. The van der Waals surface area contributed by atoms with E-state index in [9.17, 15) is 0 Å². The van der Waals surface area contributed by atoms with Gasteiger partial charge in [-0.1, -0.05) is 114 Å². The molecule has 0 saturated carbocycles. The molecule has 6 rings (SSSR count). The minimum absolute atomic E-state index is 0.180. The van der Waals surface area contributed by atoms with Gasteiger partial charge in [-0.05, 0) is 78.3 Å². The molecule has 0 atom stereocenters. The maximum absolute atomic E-state index is 15.7. The molecule has 6 aromatic rings. The second-order valence-electron chi connectivity index (χ2n) is 13.2. The lowest BCUT2D eigenvalue weighted by molar-refractivity contribution is 0.309. The number of hydrogen-bond donors (Lipinski definition) is 0. The van der Waals surface area contributed by atoms with Gasteiger partial charge in [0.15, 0.2) is 0 Å². The molecule has 50 heavy (non-hydrogen) atoms. The zero-order valence-corrected chi connectivity index (χ0v) is 30.9. The molecule has 0 spiro atoms. The SMILES string of the molecule is CCCCOc1ccc(-c2ccc(-c3ccc(-c4ccc(-c5ccc(CCC(CCCC)CCCC)cc5F)s4)c4nsnc34)c(F)c2)cc1. The second kappa shape index (κ2) is 17.3. The Labute approximate surface area is 303 Å². The van der Waals surface area contributed by atoms with Crippen LogP contribution in [-0.2, 0) is 6.42 Å². The Kier molecular flexibility index (Phi) is 12.4. The summed E-state index contributed by atoms with van der Waals surface area (Å²) in [5.74, 6) is 1.04. The number of thiophene rings is 1. The first kappa shape index (κ1) is 35.9. The first-order valence-corrected chi connectivity index (χ1v) is 19.7. The van der Waals surface area contributed by atoms with Crippen molar-refractivity contribution in [3.05, 3.63) is 102 Å². The van der Waals surface area contributed by atoms with Crippen LogP contribution < -0.4 is 4.74 Å². The zero-order valence-electron chi connectivity index (χ0n) is 29.3. The van der Waals surface area contributed by atoms with Gasteiger partial charge in [-0.15, -0.1) is 11.3 Å². The Balaban J connectivity index is 1.18. The molecule has 2 heterocycles. The molecule has 0 unspecified atom stereocenters. The summed E-state index contributed by atoms with van der Waals surface area (Å²) in [7, 11) is 0. The van der Waals surface area contributed by atoms with Crippen molar-refractivity contribution in [3.63, 3.8) is 0 Å². The molecule has 4 aromatic carbocycles. The summed E-state index contributed by atoms with van der Waals surface area (Å²) in [6.07, 6.45) is 11.6. The molecule has 0 aliphatic carbocycles. The van der Waals surface area contributed by atoms with E-state index in [1.807, 2.05) is 66.7 Å². The summed E-state index contributed by atoms with van der Waals surface area (Å²) in [5, 5.41) is 0. The minimum atomic E-state index is -0.317. The quantitative estimate of drug-likeness (QED) is 0.0885. The second-order valence-corrected chi connectivity index (χ2v) is 14.8. The molecule has 0 amide bonds. The van der Waals surface area contributed by atoms with Crippen molar-refractivity contribution in [1.82, 2.24) is 8.75 Å². The van der Waals surface area contributed by atoms with E-state index in [0.717, 1.165) is 86.6 Å². The number of aryl methyl sites for hydroxylation is 1. The number of hydrogen-bond acceptors (Lipinski definition) is 5. The molecular weight excluding hydrogens is 663 g/mol. The highest BCUT2D eigenvalue weighted by atomic mass is 32.1. The molecular formula is C43H46F2N2OS2. The highest BCUT2D eigenvalue weighted by molar-refractivity contribution is 7.19. The van der Waals surface area contributed by atoms with Crippen LogP contribution in [0.25, 0.3) is 54.2 Å². The van der Waals surface area contributed by atoms with Gasteiger partial charge in [0, 0.05) is 32.0 Å². The number of halogens is 2. The Bertz CT molecular complexity index is 1990. The third-order valence-corrected chi connectivity index (χ3v) is 11.3. The van der Waals surface area contributed by atoms with Crippen molar-refractivity contribution in [3.8, 4) is 48.9 Å². The summed E-state index contributed by atoms with van der Waals surface area (Å²) < 4.78 is 46.2. The fourth-order valence-corrected chi connectivity index (χ4v) is 8.24. The van der Waals surface area contributed by atoms with E-state index in [1.165, 1.54) is 49.9 Å². The largest absolute Gasteiger partial charge is 0.494 e. The number of benzene rings is 4. The molecule has 7 heteroatoms. The van der Waals surface area contributed by atoms with Crippen molar-refractivity contribution in [2.45, 2.75) is 85.0 Å². The van der Waals surface area contributed by atoms with Gasteiger partial charge in [-0.25, -0.2) is 8.78 Å². The van der Waals surface area contributed by atoms with Crippen molar-refractivity contribution < 1.29 is 13.5 Å². The van der Waals surface area contributed by atoms with E-state index in [-0.39, 0.29) is 11.6 Å². The summed E-state index contributed by atoms with van der Waals surface area (Å²) in [6.45, 7) is 7.33. The van der Waals surface area contributed by atoms with Crippen LogP contribution in [0.5, 0.6) is 5.75 Å². The number of unbranched alkanes of at least 4 members (excludes halogenated alkanes) is 3. The van der Waals surface area contributed by atoms with Crippen LogP contribution >= 0.6 is 23.1 Å². The Hall–Kier alpha value is -3.94. The van der Waals surface area contributed by atoms with Crippen molar-refractivity contribution in [2.24, 2.45) is 5.92 Å². The molecule has 0 fully saturated rings. The van der Waals surface area contributed by atoms with Crippen molar-refractivity contribution in [2.75, 3.05) is 6.61 Å². The van der Waals surface area contributed by atoms with E-state index in [0.29, 0.717) is 28.8 Å². The van der Waals surface area contributed by atoms with Crippen LogP contribution in [0.4, 0.5) is 8.78 Å². The lowest BCUT2D eigenvalue weighted by Gasteiger charge is -2.16. The molecule has 0 saturated heterocycles. The van der Waals surface area contributed by atoms with Crippen LogP contribution in [0.1, 0.15) is 84.1 Å². The number of ether oxygens (including phenoxy) is 1. The predicted molar refractivity (Wildman–Crippen MR) is 208 cm³/mol. The average molecular weight is 709 g/mol. The summed E-state index contributed by atoms with van der Waals surface area (Å²) in [4.78, 5) is 1.84. The van der Waals surface area contributed by atoms with Gasteiger partial charge in [0.25, 0.3) is 0 Å². The van der Waals surface area contributed by atoms with Gasteiger partial charge in [-0.3, -0.25) is 0 Å². The normalized spacial score (nSPS) is 11.6. The van der Waals surface area contributed by atoms with Crippen molar-refractivity contribution >= 4 is 34.1 Å². The molecule has 0 aliphatic heterocycles. The van der Waals surface area contributed by atoms with Crippen LogP contribution in [0.15, 0.2) is 84.9 Å². The third kappa shape index (κ3) is 8.50. The summed E-state index contributed by atoms with van der Waals surface area (Å²) in [5.41, 5.74) is 6.88. The van der Waals surface area contributed by atoms with Gasteiger partial charge in [0.2, 0.25) is 0 Å². The molecule has 3 nitrogen and oxygen atoms in total. The summed E-state index contributed by atoms with van der Waals surface area (Å²) in [6, 6.07) is 26.7. The van der Waals surface area contributed by atoms with Crippen LogP contribution in [0.2, 0.25) is 0 Å². The molecule has 0 bridgehead atoms. The highest BCUT2D eigenvalue weighted by Crippen LogP contribution is 2.41. The molecule has 260 valence electrons. The van der Waals surface area contributed by atoms with Crippen LogP contribution in [0.3, 0.4) is 0 Å². The van der Waals surface area contributed by atoms with Gasteiger partial charge >= 0.3 is 0 Å². The highest BCUT2D eigenvalue weighted by Gasteiger charge is 2.19. The van der Waals surface area contributed by atoms with Gasteiger partial charge < -0.3 is 4.74 Å². The fraction of sp³-hybridized carbons (Fsp3) is 0.349. The van der Waals surface area contributed by atoms with E-state index in [1.54, 1.807) is 12.1 Å². The molecule has 2 aromatic heterocycles. The number of fused-ring (bicyclic) bond motifs is 1. The molecule has 0 aliphatic rings. The number of nitrogens with zero attached hydrogens (tertiary/aromatic N) is 2. The molecule has 0 radical (unpaired) electrons. The topological polar surface area (TPSA) is 35.0 Å². The van der Waals surface area contributed by atoms with E-state index in [2.05, 4.69) is 35.6 Å². The van der Waals surface area contributed by atoms with Crippen molar-refractivity contribution in [1.29, 1.82) is 0 Å². The zero-order chi connectivity index (χ0) is 34.9. The fourth-order valence-electron chi connectivity index (χ4n) is 6.60. The molecule has 0 N–H and O–H groups in total.